The Balaban J connectivity index is 1.15. The van der Waals surface area contributed by atoms with E-state index in [4.69, 9.17) is 0 Å². The molecule has 0 saturated carbocycles. The van der Waals surface area contributed by atoms with Crippen molar-refractivity contribution in [3.8, 4) is 12.1 Å². The topological polar surface area (TPSA) is 54.1 Å². The number of para-hydroxylation sites is 2. The summed E-state index contributed by atoms with van der Waals surface area (Å²) in [6.45, 7) is 6.12. The first-order valence-electron chi connectivity index (χ1n) is 15.3. The standard InChI is InChI=1S/C40H30N4S2/c1-3-43-33-9-5-7-11-37(33)45-39-21-27(15-19-35(39)43)13-17-29-23-32(26-42)30(24-31(29)25-41)18-14-28-16-20-36-40(22-28)46-38-12-8-6-10-34(38)44(36)4-2/h5-24H,3-4H2,1-2H3/b17-13+,18-14+. The molecule has 2 aliphatic rings. The molecular formula is C40H30N4S2. The summed E-state index contributed by atoms with van der Waals surface area (Å²) in [6, 6.07) is 38.2. The molecule has 5 aromatic rings. The molecule has 5 aromatic carbocycles. The number of hydrogen-bond acceptors (Lipinski definition) is 6. The molecule has 0 fully saturated rings. The number of hydrogen-bond donors (Lipinski definition) is 0. The molecule has 6 heteroatoms. The molecule has 0 radical (unpaired) electrons. The minimum Gasteiger partial charge on any atom is -0.340 e. The molecule has 7 rings (SSSR count). The summed E-state index contributed by atoms with van der Waals surface area (Å²) >= 11 is 3.56. The van der Waals surface area contributed by atoms with Gasteiger partial charge in [0.05, 0.1) is 46.0 Å². The second-order valence-electron chi connectivity index (χ2n) is 11.0. The third-order valence-corrected chi connectivity index (χ3v) is 10.5. The van der Waals surface area contributed by atoms with Crippen LogP contribution in [0.25, 0.3) is 24.3 Å². The van der Waals surface area contributed by atoms with E-state index < -0.39 is 0 Å². The van der Waals surface area contributed by atoms with E-state index in [2.05, 4.69) is 121 Å². The normalized spacial score (nSPS) is 13.1. The Morgan fingerprint density at radius 3 is 1.35 bits per heavy atom. The zero-order valence-electron chi connectivity index (χ0n) is 25.6. The molecule has 0 spiro atoms. The third-order valence-electron chi connectivity index (χ3n) is 8.31. The maximum atomic E-state index is 10.0. The lowest BCUT2D eigenvalue weighted by atomic mass is 9.97. The van der Waals surface area contributed by atoms with Crippen LogP contribution in [0.2, 0.25) is 0 Å². The quantitative estimate of drug-likeness (QED) is 0.174. The van der Waals surface area contributed by atoms with E-state index in [0.717, 1.165) is 35.3 Å². The molecule has 2 aliphatic heterocycles. The fraction of sp³-hybridized carbons (Fsp3) is 0.100. The molecule has 222 valence electrons. The second kappa shape index (κ2) is 12.7. The van der Waals surface area contributed by atoms with Crippen LogP contribution < -0.4 is 9.80 Å². The Morgan fingerprint density at radius 1 is 0.522 bits per heavy atom. The molecule has 0 saturated heterocycles. The van der Waals surface area contributed by atoms with Gasteiger partial charge in [0.1, 0.15) is 0 Å². The first-order chi connectivity index (χ1) is 22.6. The molecule has 0 aromatic heterocycles. The Bertz CT molecular complexity index is 1980. The van der Waals surface area contributed by atoms with Crippen LogP contribution in [0.4, 0.5) is 22.7 Å². The summed E-state index contributed by atoms with van der Waals surface area (Å²) in [5.74, 6) is 0. The fourth-order valence-corrected chi connectivity index (χ4v) is 8.35. The van der Waals surface area contributed by atoms with E-state index >= 15 is 0 Å². The van der Waals surface area contributed by atoms with Crippen molar-refractivity contribution in [3.05, 3.63) is 130 Å². The second-order valence-corrected chi connectivity index (χ2v) is 13.2. The minimum absolute atomic E-state index is 0.532. The van der Waals surface area contributed by atoms with Crippen LogP contribution in [0.15, 0.2) is 117 Å². The zero-order chi connectivity index (χ0) is 31.6. The number of fused-ring (bicyclic) bond motifs is 4. The Hall–Kier alpha value is -5.14. The molecule has 0 atom stereocenters. The van der Waals surface area contributed by atoms with Crippen LogP contribution in [0.1, 0.15) is 47.2 Å². The lowest BCUT2D eigenvalue weighted by Crippen LogP contribution is -2.19. The van der Waals surface area contributed by atoms with Gasteiger partial charge in [-0.05, 0) is 96.8 Å². The van der Waals surface area contributed by atoms with Crippen molar-refractivity contribution in [2.24, 2.45) is 0 Å². The number of anilines is 4. The SMILES string of the molecule is CCN1c2ccccc2Sc2cc(/C=C/c3cc(C#N)c(/C=C/c4ccc5c(c4)Sc4ccccc4N5CC)cc3C#N)ccc21. The van der Waals surface area contributed by atoms with Crippen molar-refractivity contribution >= 4 is 70.6 Å². The summed E-state index contributed by atoms with van der Waals surface area (Å²) in [5.41, 5.74) is 9.49. The average Bonchev–Trinajstić information content (AvgIpc) is 3.10. The van der Waals surface area contributed by atoms with E-state index in [-0.39, 0.29) is 0 Å². The lowest BCUT2D eigenvalue weighted by molar-refractivity contribution is 0.979. The lowest BCUT2D eigenvalue weighted by Gasteiger charge is -2.32. The van der Waals surface area contributed by atoms with Crippen molar-refractivity contribution in [2.75, 3.05) is 22.9 Å². The monoisotopic (exact) mass is 630 g/mol. The predicted octanol–water partition coefficient (Wildman–Crippen LogP) is 11.0. The predicted molar refractivity (Wildman–Crippen MR) is 193 cm³/mol. The van der Waals surface area contributed by atoms with Gasteiger partial charge in [-0.1, -0.05) is 84.2 Å². The van der Waals surface area contributed by atoms with Crippen molar-refractivity contribution in [1.82, 2.24) is 0 Å². The molecule has 0 aliphatic carbocycles. The number of nitrogens with zero attached hydrogens (tertiary/aromatic N) is 4. The van der Waals surface area contributed by atoms with E-state index in [1.807, 2.05) is 36.4 Å². The van der Waals surface area contributed by atoms with Gasteiger partial charge >= 0.3 is 0 Å². The average molecular weight is 631 g/mol. The molecule has 0 unspecified atom stereocenters. The molecule has 0 bridgehead atoms. The summed E-state index contributed by atoms with van der Waals surface area (Å²) in [5, 5.41) is 20.1. The van der Waals surface area contributed by atoms with Gasteiger partial charge in [-0.25, -0.2) is 0 Å². The first kappa shape index (κ1) is 29.6. The maximum Gasteiger partial charge on any atom is 0.0998 e. The highest BCUT2D eigenvalue weighted by Gasteiger charge is 2.23. The van der Waals surface area contributed by atoms with Crippen molar-refractivity contribution in [3.63, 3.8) is 0 Å². The van der Waals surface area contributed by atoms with Gasteiger partial charge in [0.15, 0.2) is 0 Å². The fourth-order valence-electron chi connectivity index (χ4n) is 6.06. The van der Waals surface area contributed by atoms with Gasteiger partial charge in [0, 0.05) is 32.7 Å². The maximum absolute atomic E-state index is 10.0. The highest BCUT2D eigenvalue weighted by atomic mass is 32.2. The first-order valence-corrected chi connectivity index (χ1v) is 16.9. The van der Waals surface area contributed by atoms with Gasteiger partial charge in [0.2, 0.25) is 0 Å². The summed E-state index contributed by atoms with van der Waals surface area (Å²) < 4.78 is 0. The molecule has 0 amide bonds. The van der Waals surface area contributed by atoms with E-state index in [1.54, 1.807) is 23.5 Å². The molecular weight excluding hydrogens is 601 g/mol. The van der Waals surface area contributed by atoms with E-state index in [0.29, 0.717) is 11.1 Å². The van der Waals surface area contributed by atoms with Crippen LogP contribution in [0.5, 0.6) is 0 Å². The largest absolute Gasteiger partial charge is 0.340 e. The highest BCUT2D eigenvalue weighted by molar-refractivity contribution is 8.00. The smallest absolute Gasteiger partial charge is 0.0998 e. The van der Waals surface area contributed by atoms with Gasteiger partial charge < -0.3 is 9.80 Å². The van der Waals surface area contributed by atoms with Gasteiger partial charge in [0.25, 0.3) is 0 Å². The van der Waals surface area contributed by atoms with Crippen LogP contribution in [-0.4, -0.2) is 13.1 Å². The third kappa shape index (κ3) is 5.48. The van der Waals surface area contributed by atoms with Crippen molar-refractivity contribution in [2.45, 2.75) is 33.4 Å². The van der Waals surface area contributed by atoms with E-state index in [9.17, 15) is 10.5 Å². The number of nitriles is 2. The number of rotatable bonds is 6. The van der Waals surface area contributed by atoms with Crippen molar-refractivity contribution < 1.29 is 0 Å². The molecule has 2 heterocycles. The van der Waals surface area contributed by atoms with Crippen LogP contribution in [-0.2, 0) is 0 Å². The number of benzene rings is 5. The Labute approximate surface area is 278 Å². The minimum atomic E-state index is 0.532. The Morgan fingerprint density at radius 2 is 0.935 bits per heavy atom. The summed E-state index contributed by atoms with van der Waals surface area (Å²) in [4.78, 5) is 9.58. The summed E-state index contributed by atoms with van der Waals surface area (Å²) in [6.07, 6.45) is 7.91. The van der Waals surface area contributed by atoms with Crippen LogP contribution in [0.3, 0.4) is 0 Å². The Kier molecular flexibility index (Phi) is 8.16. The van der Waals surface area contributed by atoms with Crippen LogP contribution >= 0.6 is 23.5 Å². The summed E-state index contributed by atoms with van der Waals surface area (Å²) in [7, 11) is 0. The van der Waals surface area contributed by atoms with Crippen LogP contribution in [0, 0.1) is 22.7 Å². The van der Waals surface area contributed by atoms with Gasteiger partial charge in [-0.2, -0.15) is 10.5 Å². The van der Waals surface area contributed by atoms with Gasteiger partial charge in [-0.15, -0.1) is 0 Å². The van der Waals surface area contributed by atoms with Gasteiger partial charge in [-0.3, -0.25) is 0 Å². The zero-order valence-corrected chi connectivity index (χ0v) is 27.2. The molecule has 0 N–H and O–H groups in total. The van der Waals surface area contributed by atoms with E-state index in [1.165, 1.54) is 42.3 Å². The molecule has 46 heavy (non-hydrogen) atoms. The van der Waals surface area contributed by atoms with Crippen molar-refractivity contribution in [1.29, 1.82) is 10.5 Å². The molecule has 4 nitrogen and oxygen atoms in total. The highest BCUT2D eigenvalue weighted by Crippen LogP contribution is 2.49.